The number of fused-ring (bicyclic) bond motifs is 1. The molecule has 1 saturated heterocycles. The number of piperidine rings is 1. The van der Waals surface area contributed by atoms with Crippen LogP contribution in [-0.2, 0) is 10.0 Å². The predicted octanol–water partition coefficient (Wildman–Crippen LogP) is 1.52. The SMILES string of the molecule is CC1CCN(C(C)CNS(=O)(=O)c2ccc3[nH]c(=O)oc3c2)CC1. The topological polar surface area (TPSA) is 95.4 Å². The summed E-state index contributed by atoms with van der Waals surface area (Å²) in [5, 5.41) is 0. The highest BCUT2D eigenvalue weighted by Gasteiger charge is 2.22. The molecule has 7 nitrogen and oxygen atoms in total. The van der Waals surface area contributed by atoms with Crippen LogP contribution in [0.2, 0.25) is 0 Å². The molecule has 2 heterocycles. The second-order valence-corrected chi connectivity index (χ2v) is 8.36. The third-order valence-corrected chi connectivity index (χ3v) is 6.13. The number of benzene rings is 1. The van der Waals surface area contributed by atoms with Crippen molar-refractivity contribution < 1.29 is 12.8 Å². The molecular formula is C16H23N3O4S. The molecule has 1 aromatic heterocycles. The van der Waals surface area contributed by atoms with E-state index in [-0.39, 0.29) is 16.5 Å². The number of H-pyrrole nitrogens is 1. The van der Waals surface area contributed by atoms with Gasteiger partial charge in [0.15, 0.2) is 5.58 Å². The van der Waals surface area contributed by atoms with Crippen LogP contribution in [-0.4, -0.2) is 44.0 Å². The molecule has 132 valence electrons. The molecule has 1 aliphatic heterocycles. The van der Waals surface area contributed by atoms with Crippen LogP contribution in [0.25, 0.3) is 11.1 Å². The van der Waals surface area contributed by atoms with E-state index in [9.17, 15) is 13.2 Å². The summed E-state index contributed by atoms with van der Waals surface area (Å²) in [4.78, 5) is 16.1. The number of aromatic nitrogens is 1. The van der Waals surface area contributed by atoms with Crippen molar-refractivity contribution >= 4 is 21.1 Å². The van der Waals surface area contributed by atoms with Crippen molar-refractivity contribution in [3.63, 3.8) is 0 Å². The second-order valence-electron chi connectivity index (χ2n) is 6.59. The van der Waals surface area contributed by atoms with E-state index < -0.39 is 15.8 Å². The number of hydrogen-bond donors (Lipinski definition) is 2. The largest absolute Gasteiger partial charge is 0.417 e. The van der Waals surface area contributed by atoms with Gasteiger partial charge in [-0.1, -0.05) is 6.92 Å². The van der Waals surface area contributed by atoms with Gasteiger partial charge in [-0.05, 0) is 50.9 Å². The number of likely N-dealkylation sites (tertiary alicyclic amines) is 1. The van der Waals surface area contributed by atoms with Crippen LogP contribution in [0.4, 0.5) is 0 Å². The molecule has 1 unspecified atom stereocenters. The highest BCUT2D eigenvalue weighted by atomic mass is 32.2. The van der Waals surface area contributed by atoms with Gasteiger partial charge in [0, 0.05) is 18.7 Å². The van der Waals surface area contributed by atoms with Gasteiger partial charge in [-0.15, -0.1) is 0 Å². The van der Waals surface area contributed by atoms with E-state index in [1.807, 2.05) is 6.92 Å². The lowest BCUT2D eigenvalue weighted by molar-refractivity contribution is 0.148. The maximum Gasteiger partial charge on any atom is 0.417 e. The predicted molar refractivity (Wildman–Crippen MR) is 91.5 cm³/mol. The Kier molecular flexibility index (Phi) is 4.80. The van der Waals surface area contributed by atoms with Crippen molar-refractivity contribution in [2.75, 3.05) is 19.6 Å². The van der Waals surface area contributed by atoms with E-state index in [0.29, 0.717) is 12.1 Å². The first-order valence-electron chi connectivity index (χ1n) is 8.22. The summed E-state index contributed by atoms with van der Waals surface area (Å²) in [5.41, 5.74) is 0.718. The molecule has 24 heavy (non-hydrogen) atoms. The van der Waals surface area contributed by atoms with Crippen LogP contribution in [0.1, 0.15) is 26.7 Å². The highest BCUT2D eigenvalue weighted by Crippen LogP contribution is 2.19. The van der Waals surface area contributed by atoms with Gasteiger partial charge in [0.2, 0.25) is 10.0 Å². The number of oxazole rings is 1. The Bertz CT molecular complexity index is 863. The van der Waals surface area contributed by atoms with Gasteiger partial charge in [-0.2, -0.15) is 0 Å². The summed E-state index contributed by atoms with van der Waals surface area (Å²) >= 11 is 0. The van der Waals surface area contributed by atoms with E-state index in [1.165, 1.54) is 18.2 Å². The van der Waals surface area contributed by atoms with Crippen LogP contribution in [0.3, 0.4) is 0 Å². The zero-order chi connectivity index (χ0) is 17.3. The molecular weight excluding hydrogens is 330 g/mol. The minimum atomic E-state index is -3.64. The number of sulfonamides is 1. The number of hydrogen-bond acceptors (Lipinski definition) is 5. The van der Waals surface area contributed by atoms with Gasteiger partial charge < -0.3 is 4.42 Å². The maximum absolute atomic E-state index is 12.5. The molecule has 1 fully saturated rings. The summed E-state index contributed by atoms with van der Waals surface area (Å²) in [5.74, 6) is 0.147. The number of aromatic amines is 1. The number of rotatable bonds is 5. The zero-order valence-electron chi connectivity index (χ0n) is 13.9. The number of nitrogens with zero attached hydrogens (tertiary/aromatic N) is 1. The molecule has 1 aliphatic rings. The summed E-state index contributed by atoms with van der Waals surface area (Å²) in [7, 11) is -3.64. The van der Waals surface area contributed by atoms with E-state index in [0.717, 1.165) is 31.8 Å². The zero-order valence-corrected chi connectivity index (χ0v) is 14.7. The van der Waals surface area contributed by atoms with E-state index in [2.05, 4.69) is 21.5 Å². The average Bonchev–Trinajstić information content (AvgIpc) is 2.92. The molecule has 0 spiro atoms. The molecule has 0 radical (unpaired) electrons. The third-order valence-electron chi connectivity index (χ3n) is 4.71. The Morgan fingerprint density at radius 1 is 1.38 bits per heavy atom. The summed E-state index contributed by atoms with van der Waals surface area (Å²) in [6.07, 6.45) is 2.31. The molecule has 0 saturated carbocycles. The van der Waals surface area contributed by atoms with Crippen molar-refractivity contribution in [2.24, 2.45) is 5.92 Å². The summed E-state index contributed by atoms with van der Waals surface area (Å²) < 4.78 is 32.5. The first-order chi connectivity index (χ1) is 11.3. The Morgan fingerprint density at radius 2 is 2.08 bits per heavy atom. The number of nitrogens with one attached hydrogen (secondary N) is 2. The van der Waals surface area contributed by atoms with Crippen molar-refractivity contribution in [3.8, 4) is 0 Å². The Labute approximate surface area is 141 Å². The summed E-state index contributed by atoms with van der Waals surface area (Å²) in [6.45, 7) is 6.65. The van der Waals surface area contributed by atoms with Crippen LogP contribution in [0, 0.1) is 5.92 Å². The monoisotopic (exact) mass is 353 g/mol. The lowest BCUT2D eigenvalue weighted by atomic mass is 9.98. The molecule has 0 amide bonds. The summed E-state index contributed by atoms with van der Waals surface area (Å²) in [6, 6.07) is 4.50. The Balaban J connectivity index is 1.67. The second kappa shape index (κ2) is 6.70. The molecule has 0 aliphatic carbocycles. The fourth-order valence-electron chi connectivity index (χ4n) is 3.00. The molecule has 1 atom stereocenters. The van der Waals surface area contributed by atoms with Crippen molar-refractivity contribution in [3.05, 3.63) is 28.7 Å². The first-order valence-corrected chi connectivity index (χ1v) is 9.70. The lowest BCUT2D eigenvalue weighted by Gasteiger charge is -2.34. The molecule has 8 heteroatoms. The van der Waals surface area contributed by atoms with E-state index >= 15 is 0 Å². The third kappa shape index (κ3) is 3.71. The smallest absolute Gasteiger partial charge is 0.408 e. The standard InChI is InChI=1S/C16H23N3O4S/c1-11-5-7-19(8-6-11)12(2)10-17-24(21,22)13-3-4-14-15(9-13)23-16(20)18-14/h3-4,9,11-12,17H,5-8,10H2,1-2H3,(H,18,20). The molecule has 2 aromatic rings. The molecule has 1 aromatic carbocycles. The maximum atomic E-state index is 12.5. The fourth-order valence-corrected chi connectivity index (χ4v) is 4.14. The minimum Gasteiger partial charge on any atom is -0.408 e. The fraction of sp³-hybridized carbons (Fsp3) is 0.562. The molecule has 2 N–H and O–H groups in total. The van der Waals surface area contributed by atoms with Crippen LogP contribution >= 0.6 is 0 Å². The van der Waals surface area contributed by atoms with Crippen molar-refractivity contribution in [1.82, 2.24) is 14.6 Å². The minimum absolute atomic E-state index is 0.0946. The first kappa shape index (κ1) is 17.2. The van der Waals surface area contributed by atoms with Gasteiger partial charge in [-0.3, -0.25) is 9.88 Å². The normalized spacial score (nSPS) is 18.9. The van der Waals surface area contributed by atoms with E-state index in [4.69, 9.17) is 4.42 Å². The van der Waals surface area contributed by atoms with Crippen LogP contribution in [0.15, 0.2) is 32.3 Å². The Hall–Kier alpha value is -1.64. The highest BCUT2D eigenvalue weighted by molar-refractivity contribution is 7.89. The van der Waals surface area contributed by atoms with Gasteiger partial charge in [-0.25, -0.2) is 17.9 Å². The Morgan fingerprint density at radius 3 is 2.79 bits per heavy atom. The van der Waals surface area contributed by atoms with Crippen molar-refractivity contribution in [1.29, 1.82) is 0 Å². The quantitative estimate of drug-likeness (QED) is 0.850. The molecule has 0 bridgehead atoms. The van der Waals surface area contributed by atoms with Crippen LogP contribution in [0.5, 0.6) is 0 Å². The van der Waals surface area contributed by atoms with Crippen LogP contribution < -0.4 is 10.5 Å². The molecule has 3 rings (SSSR count). The lowest BCUT2D eigenvalue weighted by Crippen LogP contribution is -2.45. The van der Waals surface area contributed by atoms with Crippen molar-refractivity contribution in [2.45, 2.75) is 37.6 Å². The average molecular weight is 353 g/mol. The van der Waals surface area contributed by atoms with Gasteiger partial charge in [0.05, 0.1) is 10.4 Å². The van der Waals surface area contributed by atoms with E-state index in [1.54, 1.807) is 0 Å². The van der Waals surface area contributed by atoms with Gasteiger partial charge >= 0.3 is 5.76 Å². The van der Waals surface area contributed by atoms with Gasteiger partial charge in [0.25, 0.3) is 0 Å². The van der Waals surface area contributed by atoms with Gasteiger partial charge in [0.1, 0.15) is 0 Å².